The highest BCUT2D eigenvalue weighted by molar-refractivity contribution is 5.89. The zero-order valence-corrected chi connectivity index (χ0v) is 10.3. The highest BCUT2D eigenvalue weighted by atomic mass is 16.3. The first-order valence-electron chi connectivity index (χ1n) is 6.22. The van der Waals surface area contributed by atoms with E-state index in [1.165, 1.54) is 17.4 Å². The van der Waals surface area contributed by atoms with Crippen LogP contribution in [0.1, 0.15) is 12.8 Å². The molecule has 0 bridgehead atoms. The van der Waals surface area contributed by atoms with E-state index < -0.39 is 0 Å². The van der Waals surface area contributed by atoms with E-state index in [0.717, 1.165) is 23.5 Å². The minimum absolute atomic E-state index is 0.0197. The van der Waals surface area contributed by atoms with Crippen LogP contribution in [0.4, 0.5) is 5.69 Å². The molecular formula is C14H16N2O2. The van der Waals surface area contributed by atoms with Crippen LogP contribution in [0.25, 0.3) is 10.8 Å². The third-order valence-electron chi connectivity index (χ3n) is 3.51. The average Bonchev–Trinajstić information content (AvgIpc) is 3.17. The number of anilines is 1. The SMILES string of the molecule is Cn1c(O)c2ccc(NCC3CC3)cc2cc1=O. The van der Waals surface area contributed by atoms with Gasteiger partial charge in [0.15, 0.2) is 0 Å². The van der Waals surface area contributed by atoms with Gasteiger partial charge in [-0.15, -0.1) is 0 Å². The molecule has 0 amide bonds. The van der Waals surface area contributed by atoms with Crippen molar-refractivity contribution in [2.24, 2.45) is 13.0 Å². The topological polar surface area (TPSA) is 54.3 Å². The van der Waals surface area contributed by atoms with Crippen molar-refractivity contribution in [3.05, 3.63) is 34.6 Å². The Kier molecular flexibility index (Phi) is 2.51. The first-order chi connectivity index (χ1) is 8.65. The lowest BCUT2D eigenvalue weighted by atomic mass is 10.1. The molecule has 0 radical (unpaired) electrons. The first kappa shape index (κ1) is 11.1. The van der Waals surface area contributed by atoms with Gasteiger partial charge in [0, 0.05) is 30.7 Å². The van der Waals surface area contributed by atoms with Gasteiger partial charge in [-0.1, -0.05) is 0 Å². The molecule has 1 fully saturated rings. The Labute approximate surface area is 105 Å². The number of rotatable bonds is 3. The number of aromatic hydroxyl groups is 1. The van der Waals surface area contributed by atoms with Crippen molar-refractivity contribution in [1.82, 2.24) is 4.57 Å². The maximum atomic E-state index is 11.6. The Hall–Kier alpha value is -1.97. The van der Waals surface area contributed by atoms with E-state index in [9.17, 15) is 9.90 Å². The fourth-order valence-corrected chi connectivity index (χ4v) is 2.09. The molecule has 94 valence electrons. The van der Waals surface area contributed by atoms with Crippen molar-refractivity contribution in [2.75, 3.05) is 11.9 Å². The number of hydrogen-bond acceptors (Lipinski definition) is 3. The molecule has 1 saturated carbocycles. The summed E-state index contributed by atoms with van der Waals surface area (Å²) in [6.45, 7) is 0.988. The lowest BCUT2D eigenvalue weighted by Crippen LogP contribution is -2.15. The van der Waals surface area contributed by atoms with Crippen LogP contribution in [-0.4, -0.2) is 16.2 Å². The molecule has 1 aromatic carbocycles. The van der Waals surface area contributed by atoms with Gasteiger partial charge in [-0.25, -0.2) is 0 Å². The number of nitrogens with one attached hydrogen (secondary N) is 1. The van der Waals surface area contributed by atoms with Crippen LogP contribution >= 0.6 is 0 Å². The molecule has 1 aliphatic carbocycles. The zero-order valence-electron chi connectivity index (χ0n) is 10.3. The molecule has 18 heavy (non-hydrogen) atoms. The molecule has 2 N–H and O–H groups in total. The molecule has 1 aromatic heterocycles. The van der Waals surface area contributed by atoms with Gasteiger partial charge in [0.1, 0.15) is 0 Å². The Balaban J connectivity index is 2.00. The van der Waals surface area contributed by atoms with Crippen molar-refractivity contribution < 1.29 is 5.11 Å². The number of nitrogens with zero attached hydrogens (tertiary/aromatic N) is 1. The lowest BCUT2D eigenvalue weighted by Gasteiger charge is -2.09. The maximum absolute atomic E-state index is 11.6. The van der Waals surface area contributed by atoms with Gasteiger partial charge < -0.3 is 10.4 Å². The number of aromatic nitrogens is 1. The maximum Gasteiger partial charge on any atom is 0.253 e. The van der Waals surface area contributed by atoms with Gasteiger partial charge in [0.05, 0.1) is 0 Å². The molecule has 0 spiro atoms. The van der Waals surface area contributed by atoms with E-state index in [1.807, 2.05) is 18.2 Å². The Bertz CT molecular complexity index is 657. The first-order valence-corrected chi connectivity index (χ1v) is 6.22. The molecule has 3 rings (SSSR count). The summed E-state index contributed by atoms with van der Waals surface area (Å²) in [7, 11) is 1.57. The Morgan fingerprint density at radius 1 is 1.39 bits per heavy atom. The molecule has 0 saturated heterocycles. The van der Waals surface area contributed by atoms with E-state index in [2.05, 4.69) is 5.32 Å². The summed E-state index contributed by atoms with van der Waals surface area (Å²) in [5.74, 6) is 0.823. The summed E-state index contributed by atoms with van der Waals surface area (Å²) in [5, 5.41) is 14.7. The second-order valence-electron chi connectivity index (χ2n) is 4.99. The van der Waals surface area contributed by atoms with E-state index in [-0.39, 0.29) is 11.4 Å². The molecular weight excluding hydrogens is 228 g/mol. The number of benzene rings is 1. The fourth-order valence-electron chi connectivity index (χ4n) is 2.09. The van der Waals surface area contributed by atoms with E-state index >= 15 is 0 Å². The van der Waals surface area contributed by atoms with Crippen molar-refractivity contribution in [3.8, 4) is 5.88 Å². The van der Waals surface area contributed by atoms with Crippen molar-refractivity contribution in [3.63, 3.8) is 0 Å². The van der Waals surface area contributed by atoms with Crippen molar-refractivity contribution in [1.29, 1.82) is 0 Å². The minimum Gasteiger partial charge on any atom is -0.494 e. The smallest absolute Gasteiger partial charge is 0.253 e. The summed E-state index contributed by atoms with van der Waals surface area (Å²) in [6, 6.07) is 7.25. The van der Waals surface area contributed by atoms with Gasteiger partial charge in [0.2, 0.25) is 5.88 Å². The lowest BCUT2D eigenvalue weighted by molar-refractivity contribution is 0.430. The number of fused-ring (bicyclic) bond motifs is 1. The molecule has 4 nitrogen and oxygen atoms in total. The van der Waals surface area contributed by atoms with Crippen LogP contribution < -0.4 is 10.9 Å². The molecule has 0 aliphatic heterocycles. The highest BCUT2D eigenvalue weighted by Crippen LogP contribution is 2.30. The molecule has 1 aliphatic rings. The highest BCUT2D eigenvalue weighted by Gasteiger charge is 2.20. The van der Waals surface area contributed by atoms with Crippen LogP contribution in [-0.2, 0) is 7.05 Å². The van der Waals surface area contributed by atoms with Gasteiger partial charge >= 0.3 is 0 Å². The quantitative estimate of drug-likeness (QED) is 0.869. The van der Waals surface area contributed by atoms with Crippen LogP contribution in [0.3, 0.4) is 0 Å². The van der Waals surface area contributed by atoms with E-state index in [0.29, 0.717) is 5.39 Å². The molecule has 0 atom stereocenters. The van der Waals surface area contributed by atoms with Gasteiger partial charge in [-0.2, -0.15) is 0 Å². The largest absolute Gasteiger partial charge is 0.494 e. The number of hydrogen-bond donors (Lipinski definition) is 2. The normalized spacial score (nSPS) is 14.9. The summed E-state index contributed by atoms with van der Waals surface area (Å²) in [4.78, 5) is 11.6. The molecule has 0 unspecified atom stereocenters. The van der Waals surface area contributed by atoms with E-state index in [4.69, 9.17) is 0 Å². The molecule has 4 heteroatoms. The van der Waals surface area contributed by atoms with Crippen molar-refractivity contribution >= 4 is 16.5 Å². The third-order valence-corrected chi connectivity index (χ3v) is 3.51. The Morgan fingerprint density at radius 2 is 2.17 bits per heavy atom. The minimum atomic E-state index is -0.195. The average molecular weight is 244 g/mol. The summed E-state index contributed by atoms with van der Waals surface area (Å²) < 4.78 is 1.25. The fraction of sp³-hybridized carbons (Fsp3) is 0.357. The van der Waals surface area contributed by atoms with Crippen LogP contribution in [0.15, 0.2) is 29.1 Å². The number of pyridine rings is 1. The summed E-state index contributed by atoms with van der Waals surface area (Å²) >= 11 is 0. The second kappa shape index (κ2) is 4.05. The zero-order chi connectivity index (χ0) is 12.7. The van der Waals surface area contributed by atoms with Gasteiger partial charge in [-0.3, -0.25) is 9.36 Å². The second-order valence-corrected chi connectivity index (χ2v) is 4.99. The molecule has 1 heterocycles. The third kappa shape index (κ3) is 1.94. The van der Waals surface area contributed by atoms with Gasteiger partial charge in [-0.05, 0) is 42.3 Å². The summed E-state index contributed by atoms with van der Waals surface area (Å²) in [5.41, 5.74) is 0.807. The van der Waals surface area contributed by atoms with E-state index in [1.54, 1.807) is 13.1 Å². The molecule has 2 aromatic rings. The predicted molar refractivity (Wildman–Crippen MR) is 72.1 cm³/mol. The van der Waals surface area contributed by atoms with Crippen LogP contribution in [0.2, 0.25) is 0 Å². The van der Waals surface area contributed by atoms with Crippen LogP contribution in [0.5, 0.6) is 5.88 Å². The Morgan fingerprint density at radius 3 is 2.89 bits per heavy atom. The monoisotopic (exact) mass is 244 g/mol. The van der Waals surface area contributed by atoms with Gasteiger partial charge in [0.25, 0.3) is 5.56 Å². The predicted octanol–water partition coefficient (Wildman–Crippen LogP) is 2.07. The van der Waals surface area contributed by atoms with Crippen LogP contribution in [0, 0.1) is 5.92 Å². The van der Waals surface area contributed by atoms with Crippen molar-refractivity contribution in [2.45, 2.75) is 12.8 Å². The standard InChI is InChI=1S/C14H16N2O2/c1-16-13(17)7-10-6-11(15-8-9-2-3-9)4-5-12(10)14(16)18/h4-7,9,15,18H,2-3,8H2,1H3. The summed E-state index contributed by atoms with van der Waals surface area (Å²) in [6.07, 6.45) is 2.61.